The van der Waals surface area contributed by atoms with Crippen molar-refractivity contribution in [3.8, 4) is 17.2 Å². The van der Waals surface area contributed by atoms with Gasteiger partial charge in [-0.05, 0) is 112 Å². The average Bonchev–Trinajstić information content (AvgIpc) is 2.97. The Morgan fingerprint density at radius 3 is 2.00 bits per heavy atom. The van der Waals surface area contributed by atoms with Crippen molar-refractivity contribution in [1.29, 1.82) is 0 Å². The first-order chi connectivity index (χ1) is 19.1. The average molecular weight is 553 g/mol. The minimum atomic E-state index is 0.786. The molecule has 5 nitrogen and oxygen atoms in total. The lowest BCUT2D eigenvalue weighted by atomic mass is 9.96. The van der Waals surface area contributed by atoms with Crippen molar-refractivity contribution in [2.24, 2.45) is 0 Å². The third-order valence-corrected chi connectivity index (χ3v) is 7.33. The van der Waals surface area contributed by atoms with Crippen molar-refractivity contribution in [3.63, 3.8) is 0 Å². The van der Waals surface area contributed by atoms with Gasteiger partial charge in [-0.3, -0.25) is 0 Å². The summed E-state index contributed by atoms with van der Waals surface area (Å²) in [6, 6.07) is 20.6. The molecule has 39 heavy (non-hydrogen) atoms. The lowest BCUT2D eigenvalue weighted by molar-refractivity contribution is 0.351. The molecule has 0 saturated heterocycles. The van der Waals surface area contributed by atoms with Crippen LogP contribution in [0.2, 0.25) is 5.02 Å². The van der Waals surface area contributed by atoms with Crippen molar-refractivity contribution in [1.82, 2.24) is 10.6 Å². The number of halogens is 1. The number of nitrogens with one attached hydrogen (secondary N) is 2. The number of aryl methyl sites for hydroxylation is 1. The second kappa shape index (κ2) is 17.8. The van der Waals surface area contributed by atoms with E-state index >= 15 is 0 Å². The van der Waals surface area contributed by atoms with E-state index in [1.807, 2.05) is 30.3 Å². The van der Waals surface area contributed by atoms with E-state index in [1.54, 1.807) is 21.3 Å². The molecule has 0 aliphatic heterocycles. The number of methoxy groups -OCH3 is 3. The summed E-state index contributed by atoms with van der Waals surface area (Å²) in [5, 5.41) is 7.99. The summed E-state index contributed by atoms with van der Waals surface area (Å²) in [6.07, 6.45) is 8.76. The van der Waals surface area contributed by atoms with Crippen LogP contribution in [-0.2, 0) is 25.7 Å². The normalized spacial score (nSPS) is 11.0. The molecule has 0 radical (unpaired) electrons. The minimum absolute atomic E-state index is 0.786. The number of benzene rings is 3. The van der Waals surface area contributed by atoms with E-state index in [0.29, 0.717) is 0 Å². The lowest BCUT2D eigenvalue weighted by Crippen LogP contribution is -2.20. The molecule has 0 fully saturated rings. The highest BCUT2D eigenvalue weighted by molar-refractivity contribution is 6.30. The summed E-state index contributed by atoms with van der Waals surface area (Å²) in [5.74, 6) is 2.52. The largest absolute Gasteiger partial charge is 0.497 e. The molecule has 0 saturated carbocycles. The van der Waals surface area contributed by atoms with E-state index in [4.69, 9.17) is 25.8 Å². The Kier molecular flexibility index (Phi) is 14.0. The first kappa shape index (κ1) is 30.8. The van der Waals surface area contributed by atoms with E-state index in [-0.39, 0.29) is 0 Å². The lowest BCUT2D eigenvalue weighted by Gasteiger charge is -2.17. The first-order valence-corrected chi connectivity index (χ1v) is 14.5. The molecule has 0 bridgehead atoms. The Balaban J connectivity index is 1.34. The topological polar surface area (TPSA) is 51.8 Å². The van der Waals surface area contributed by atoms with Gasteiger partial charge in [0.2, 0.25) is 0 Å². The molecule has 0 spiro atoms. The van der Waals surface area contributed by atoms with Gasteiger partial charge in [-0.1, -0.05) is 54.8 Å². The van der Waals surface area contributed by atoms with Crippen molar-refractivity contribution in [2.75, 3.05) is 47.5 Å². The maximum atomic E-state index is 5.95. The fraction of sp³-hybridized carbons (Fsp3) is 0.455. The van der Waals surface area contributed by atoms with Crippen molar-refractivity contribution >= 4 is 11.6 Å². The minimum Gasteiger partial charge on any atom is -0.497 e. The van der Waals surface area contributed by atoms with E-state index in [2.05, 4.69) is 41.0 Å². The zero-order valence-electron chi connectivity index (χ0n) is 23.9. The molecule has 3 aromatic carbocycles. The van der Waals surface area contributed by atoms with Crippen LogP contribution in [0, 0.1) is 0 Å². The molecule has 0 unspecified atom stereocenters. The summed E-state index contributed by atoms with van der Waals surface area (Å²) in [6.45, 7) is 4.10. The Morgan fingerprint density at radius 2 is 1.33 bits per heavy atom. The third kappa shape index (κ3) is 10.7. The molecule has 3 aromatic rings. The van der Waals surface area contributed by atoms with Crippen LogP contribution in [0.4, 0.5) is 0 Å². The SMILES string of the molecule is COc1cccc(CCc2c(CCNCCCCCCNCCc3ccc(Cl)cc3)ccc(OC)c2OC)c1. The van der Waals surface area contributed by atoms with Crippen molar-refractivity contribution < 1.29 is 14.2 Å². The van der Waals surface area contributed by atoms with E-state index in [0.717, 1.165) is 74.1 Å². The van der Waals surface area contributed by atoms with Crippen LogP contribution in [-0.4, -0.2) is 47.5 Å². The van der Waals surface area contributed by atoms with Gasteiger partial charge in [0, 0.05) is 10.6 Å². The van der Waals surface area contributed by atoms with Gasteiger partial charge in [-0.2, -0.15) is 0 Å². The van der Waals surface area contributed by atoms with E-state index in [1.165, 1.54) is 47.9 Å². The Bertz CT molecular complexity index is 1100. The van der Waals surface area contributed by atoms with Crippen molar-refractivity contribution in [3.05, 3.63) is 87.9 Å². The second-order valence-corrected chi connectivity index (χ2v) is 10.3. The first-order valence-electron chi connectivity index (χ1n) is 14.2. The highest BCUT2D eigenvalue weighted by atomic mass is 35.5. The standard InChI is InChI=1S/C33H45ClN2O3/c1-37-30-10-8-9-27(25-30)13-17-31-28(14-18-32(38-2)33(31)39-3)20-24-36-22-7-5-4-6-21-35-23-19-26-11-15-29(34)16-12-26/h8-12,14-16,18,25,35-36H,4-7,13,17,19-24H2,1-3H3. The van der Waals surface area contributed by atoms with Crippen LogP contribution in [0.3, 0.4) is 0 Å². The second-order valence-electron chi connectivity index (χ2n) is 9.83. The van der Waals surface area contributed by atoms with Gasteiger partial charge in [0.05, 0.1) is 21.3 Å². The molecular formula is C33H45ClN2O3. The monoisotopic (exact) mass is 552 g/mol. The summed E-state index contributed by atoms with van der Waals surface area (Å²) in [5.41, 5.74) is 5.12. The van der Waals surface area contributed by atoms with E-state index < -0.39 is 0 Å². The Hall–Kier alpha value is -2.73. The number of unbranched alkanes of at least 4 members (excludes halogenated alkanes) is 3. The maximum Gasteiger partial charge on any atom is 0.164 e. The molecular weight excluding hydrogens is 508 g/mol. The molecule has 0 aromatic heterocycles. The van der Waals surface area contributed by atoms with Crippen LogP contribution in [0.1, 0.15) is 47.9 Å². The van der Waals surface area contributed by atoms with Crippen molar-refractivity contribution in [2.45, 2.75) is 51.4 Å². The molecule has 6 heteroatoms. The van der Waals surface area contributed by atoms with E-state index in [9.17, 15) is 0 Å². The van der Waals surface area contributed by atoms with Gasteiger partial charge in [-0.25, -0.2) is 0 Å². The zero-order chi connectivity index (χ0) is 27.7. The summed E-state index contributed by atoms with van der Waals surface area (Å²) < 4.78 is 16.8. The fourth-order valence-corrected chi connectivity index (χ4v) is 4.97. The Morgan fingerprint density at radius 1 is 0.615 bits per heavy atom. The number of ether oxygens (including phenoxy) is 3. The highest BCUT2D eigenvalue weighted by Crippen LogP contribution is 2.34. The van der Waals surface area contributed by atoms with Gasteiger partial charge in [-0.15, -0.1) is 0 Å². The smallest absolute Gasteiger partial charge is 0.164 e. The predicted octanol–water partition coefficient (Wildman–Crippen LogP) is 6.68. The van der Waals surface area contributed by atoms with Crippen LogP contribution >= 0.6 is 11.6 Å². The molecule has 0 heterocycles. The van der Waals surface area contributed by atoms with Gasteiger partial charge < -0.3 is 24.8 Å². The fourth-order valence-electron chi connectivity index (χ4n) is 4.85. The van der Waals surface area contributed by atoms with Gasteiger partial charge in [0.25, 0.3) is 0 Å². The quantitative estimate of drug-likeness (QED) is 0.163. The maximum absolute atomic E-state index is 5.95. The molecule has 2 N–H and O–H groups in total. The van der Waals surface area contributed by atoms with Gasteiger partial charge in [0.1, 0.15) is 5.75 Å². The van der Waals surface area contributed by atoms with Crippen LogP contribution in [0.15, 0.2) is 60.7 Å². The molecule has 0 atom stereocenters. The summed E-state index contributed by atoms with van der Waals surface area (Å²) in [4.78, 5) is 0. The predicted molar refractivity (Wildman–Crippen MR) is 163 cm³/mol. The van der Waals surface area contributed by atoms with Crippen LogP contribution in [0.25, 0.3) is 0 Å². The number of hydrogen-bond acceptors (Lipinski definition) is 5. The molecule has 0 aliphatic carbocycles. The highest BCUT2D eigenvalue weighted by Gasteiger charge is 2.15. The third-order valence-electron chi connectivity index (χ3n) is 7.08. The summed E-state index contributed by atoms with van der Waals surface area (Å²) in [7, 11) is 5.13. The summed E-state index contributed by atoms with van der Waals surface area (Å²) >= 11 is 5.95. The van der Waals surface area contributed by atoms with Crippen LogP contribution in [0.5, 0.6) is 17.2 Å². The van der Waals surface area contributed by atoms with Crippen LogP contribution < -0.4 is 24.8 Å². The number of hydrogen-bond donors (Lipinski definition) is 2. The zero-order valence-corrected chi connectivity index (χ0v) is 24.6. The molecule has 0 amide bonds. The molecule has 0 aliphatic rings. The van der Waals surface area contributed by atoms with Gasteiger partial charge >= 0.3 is 0 Å². The Labute approximate surface area is 240 Å². The number of rotatable bonds is 19. The molecule has 212 valence electrons. The van der Waals surface area contributed by atoms with Gasteiger partial charge in [0.15, 0.2) is 11.5 Å². The molecule has 3 rings (SSSR count).